The number of fused-ring (bicyclic) bond motifs is 1. The first-order valence-electron chi connectivity index (χ1n) is 11.4. The summed E-state index contributed by atoms with van der Waals surface area (Å²) >= 11 is 0. The number of nitrogens with zero attached hydrogens (tertiary/aromatic N) is 5. The standard InChI is InChI=1S/C22H29N7O7/c1-3-8-24-20(32)17(36-2)16(31)21(33)29-11-25-15-18(23)26-14(27-19(15)29)5-4-13(30)12-6-9-28(10-7-12)22(34)35/h11-12,16-17,21,31,33H,3,6-10H2,1-2H3,(H,24,32)(H,34,35)(H2,23,26,27). The summed E-state index contributed by atoms with van der Waals surface area (Å²) in [6.07, 6.45) is -3.15. The fourth-order valence-electron chi connectivity index (χ4n) is 3.81. The van der Waals surface area contributed by atoms with Crippen molar-refractivity contribution in [2.24, 2.45) is 5.92 Å². The number of carboxylic acid groups (broad SMARTS) is 1. The molecule has 2 aromatic rings. The maximum absolute atomic E-state index is 12.5. The number of Topliss-reactive ketones (excluding diaryl/α,β-unsaturated/α-hetero) is 1. The molecule has 1 aliphatic rings. The van der Waals surface area contributed by atoms with Crippen molar-refractivity contribution >= 4 is 34.8 Å². The molecule has 36 heavy (non-hydrogen) atoms. The van der Waals surface area contributed by atoms with E-state index in [0.29, 0.717) is 25.8 Å². The van der Waals surface area contributed by atoms with Gasteiger partial charge < -0.3 is 36.0 Å². The SMILES string of the molecule is CCCNC(=O)C(OC)C(O)C(O)n1cnc2c(N)nc(C#CC(=O)C3CCN(C(=O)O)CC3)nc21. The number of rotatable bonds is 8. The van der Waals surface area contributed by atoms with Crippen LogP contribution in [0.4, 0.5) is 10.6 Å². The summed E-state index contributed by atoms with van der Waals surface area (Å²) in [4.78, 5) is 49.4. The smallest absolute Gasteiger partial charge is 0.407 e. The van der Waals surface area contributed by atoms with Crippen molar-refractivity contribution in [3.8, 4) is 11.8 Å². The van der Waals surface area contributed by atoms with Crippen molar-refractivity contribution in [1.82, 2.24) is 29.7 Å². The van der Waals surface area contributed by atoms with Gasteiger partial charge in [-0.15, -0.1) is 0 Å². The van der Waals surface area contributed by atoms with Crippen LogP contribution < -0.4 is 11.1 Å². The van der Waals surface area contributed by atoms with Gasteiger partial charge in [-0.2, -0.15) is 0 Å². The first-order chi connectivity index (χ1) is 17.2. The topological polar surface area (TPSA) is 206 Å². The van der Waals surface area contributed by atoms with Gasteiger partial charge in [-0.3, -0.25) is 14.2 Å². The van der Waals surface area contributed by atoms with Crippen LogP contribution in [0.5, 0.6) is 0 Å². The number of nitrogens with two attached hydrogens (primary N) is 1. The zero-order valence-corrected chi connectivity index (χ0v) is 19.9. The van der Waals surface area contributed by atoms with E-state index in [0.717, 1.165) is 4.57 Å². The number of amides is 2. The Morgan fingerprint density at radius 3 is 2.58 bits per heavy atom. The molecule has 3 rings (SSSR count). The Kier molecular flexibility index (Phi) is 8.75. The number of hydrogen-bond donors (Lipinski definition) is 5. The number of aliphatic hydroxyl groups is 2. The molecule has 2 aromatic heterocycles. The van der Waals surface area contributed by atoms with Gasteiger partial charge in [-0.1, -0.05) is 6.92 Å². The van der Waals surface area contributed by atoms with E-state index >= 15 is 0 Å². The third-order valence-corrected chi connectivity index (χ3v) is 5.84. The van der Waals surface area contributed by atoms with E-state index in [1.54, 1.807) is 0 Å². The van der Waals surface area contributed by atoms with Gasteiger partial charge in [0, 0.05) is 32.7 Å². The number of carbonyl (C=O) groups is 3. The first-order valence-corrected chi connectivity index (χ1v) is 11.4. The number of piperidine rings is 1. The van der Waals surface area contributed by atoms with Crippen LogP contribution in [0.25, 0.3) is 11.2 Å². The summed E-state index contributed by atoms with van der Waals surface area (Å²) in [5.74, 6) is 3.51. The van der Waals surface area contributed by atoms with Crippen LogP contribution in [-0.4, -0.2) is 96.5 Å². The van der Waals surface area contributed by atoms with Gasteiger partial charge in [-0.25, -0.2) is 19.7 Å². The number of nitrogen functional groups attached to an aromatic ring is 1. The molecule has 0 aliphatic carbocycles. The van der Waals surface area contributed by atoms with Crippen LogP contribution in [-0.2, 0) is 14.3 Å². The van der Waals surface area contributed by atoms with Crippen molar-refractivity contribution in [2.75, 3.05) is 32.5 Å². The van der Waals surface area contributed by atoms with Crippen LogP contribution in [0.2, 0.25) is 0 Å². The molecule has 0 saturated carbocycles. The second-order valence-electron chi connectivity index (χ2n) is 8.27. The Balaban J connectivity index is 1.80. The molecular formula is C22H29N7O7. The normalized spacial score (nSPS) is 16.6. The maximum Gasteiger partial charge on any atom is 0.407 e. The number of imidazole rings is 1. The van der Waals surface area contributed by atoms with Gasteiger partial charge >= 0.3 is 6.09 Å². The van der Waals surface area contributed by atoms with E-state index in [9.17, 15) is 24.6 Å². The van der Waals surface area contributed by atoms with Gasteiger partial charge in [0.2, 0.25) is 11.6 Å². The summed E-state index contributed by atoms with van der Waals surface area (Å²) in [5.41, 5.74) is 6.11. The number of ketones is 1. The lowest BCUT2D eigenvalue weighted by molar-refractivity contribution is -0.149. The molecular weight excluding hydrogens is 474 g/mol. The predicted octanol–water partition coefficient (Wildman–Crippen LogP) is -0.888. The molecule has 14 heteroatoms. The van der Waals surface area contributed by atoms with Crippen molar-refractivity contribution in [2.45, 2.75) is 44.6 Å². The highest BCUT2D eigenvalue weighted by molar-refractivity contribution is 5.98. The highest BCUT2D eigenvalue weighted by Gasteiger charge is 2.34. The van der Waals surface area contributed by atoms with Gasteiger partial charge in [0.1, 0.15) is 11.6 Å². The molecule has 3 atom stereocenters. The molecule has 2 amide bonds. The number of methoxy groups -OCH3 is 1. The summed E-state index contributed by atoms with van der Waals surface area (Å²) in [6.45, 7) is 2.74. The zero-order valence-electron chi connectivity index (χ0n) is 19.9. The van der Waals surface area contributed by atoms with Crippen molar-refractivity contribution in [1.29, 1.82) is 0 Å². The van der Waals surface area contributed by atoms with E-state index in [-0.39, 0.29) is 41.7 Å². The van der Waals surface area contributed by atoms with Crippen molar-refractivity contribution in [3.05, 3.63) is 12.2 Å². The maximum atomic E-state index is 12.5. The molecule has 0 aromatic carbocycles. The largest absolute Gasteiger partial charge is 0.465 e. The lowest BCUT2D eigenvalue weighted by Crippen LogP contribution is -2.47. The monoisotopic (exact) mass is 503 g/mol. The van der Waals surface area contributed by atoms with Crippen LogP contribution >= 0.6 is 0 Å². The highest BCUT2D eigenvalue weighted by Crippen LogP contribution is 2.23. The molecule has 0 bridgehead atoms. The lowest BCUT2D eigenvalue weighted by atomic mass is 9.93. The second kappa shape index (κ2) is 11.8. The number of hydrogen-bond acceptors (Lipinski definition) is 10. The number of carbonyl (C=O) groups excluding carboxylic acids is 2. The Bertz CT molecular complexity index is 1180. The van der Waals surface area contributed by atoms with Gasteiger partial charge in [-0.05, 0) is 31.1 Å². The minimum atomic E-state index is -1.68. The fraction of sp³-hybridized carbons (Fsp3) is 0.545. The quantitative estimate of drug-likeness (QED) is 0.279. The zero-order chi connectivity index (χ0) is 26.4. The molecule has 194 valence electrons. The van der Waals surface area contributed by atoms with Gasteiger partial charge in [0.25, 0.3) is 5.91 Å². The average molecular weight is 504 g/mol. The highest BCUT2D eigenvalue weighted by atomic mass is 16.5. The number of likely N-dealkylation sites (tertiary alicyclic amines) is 1. The molecule has 3 heterocycles. The fourth-order valence-corrected chi connectivity index (χ4v) is 3.81. The van der Waals surface area contributed by atoms with E-state index in [1.165, 1.54) is 18.3 Å². The Hall–Kier alpha value is -3.80. The summed E-state index contributed by atoms with van der Waals surface area (Å²) in [6, 6.07) is 0. The van der Waals surface area contributed by atoms with E-state index in [4.69, 9.17) is 15.6 Å². The molecule has 1 aliphatic heterocycles. The van der Waals surface area contributed by atoms with Crippen LogP contribution in [0.1, 0.15) is 38.2 Å². The second-order valence-corrected chi connectivity index (χ2v) is 8.27. The number of aromatic nitrogens is 4. The summed E-state index contributed by atoms with van der Waals surface area (Å²) in [5, 5.41) is 33.0. The summed E-state index contributed by atoms with van der Waals surface area (Å²) in [7, 11) is 1.23. The van der Waals surface area contributed by atoms with Gasteiger partial charge in [0.05, 0.1) is 6.33 Å². The summed E-state index contributed by atoms with van der Waals surface area (Å²) < 4.78 is 6.19. The molecule has 14 nitrogen and oxygen atoms in total. The Morgan fingerprint density at radius 2 is 1.97 bits per heavy atom. The first kappa shape index (κ1) is 26.8. The van der Waals surface area contributed by atoms with E-state index in [1.807, 2.05) is 6.92 Å². The third-order valence-electron chi connectivity index (χ3n) is 5.84. The Labute approximate surface area is 206 Å². The molecule has 0 radical (unpaired) electrons. The number of aliphatic hydroxyl groups excluding tert-OH is 2. The van der Waals surface area contributed by atoms with E-state index < -0.39 is 36.4 Å². The third kappa shape index (κ3) is 5.88. The molecule has 1 saturated heterocycles. The van der Waals surface area contributed by atoms with Gasteiger partial charge in [0.15, 0.2) is 23.8 Å². The van der Waals surface area contributed by atoms with Crippen LogP contribution in [0.15, 0.2) is 6.33 Å². The Morgan fingerprint density at radius 1 is 1.28 bits per heavy atom. The van der Waals surface area contributed by atoms with Crippen molar-refractivity contribution < 1.29 is 34.4 Å². The minimum absolute atomic E-state index is 0.0318. The molecule has 3 unspecified atom stereocenters. The van der Waals surface area contributed by atoms with Crippen molar-refractivity contribution in [3.63, 3.8) is 0 Å². The lowest BCUT2D eigenvalue weighted by Gasteiger charge is -2.27. The average Bonchev–Trinajstić information content (AvgIpc) is 3.30. The van der Waals surface area contributed by atoms with E-state index in [2.05, 4.69) is 32.1 Å². The van der Waals surface area contributed by atoms with Crippen LogP contribution in [0.3, 0.4) is 0 Å². The number of anilines is 1. The van der Waals surface area contributed by atoms with Crippen LogP contribution in [0, 0.1) is 17.8 Å². The number of ether oxygens (including phenoxy) is 1. The number of nitrogens with one attached hydrogen (secondary N) is 1. The molecule has 6 N–H and O–H groups in total. The predicted molar refractivity (Wildman–Crippen MR) is 125 cm³/mol. The molecule has 1 fully saturated rings. The minimum Gasteiger partial charge on any atom is -0.465 e. The molecule has 0 spiro atoms.